The van der Waals surface area contributed by atoms with E-state index in [4.69, 9.17) is 23.2 Å². The fourth-order valence-electron chi connectivity index (χ4n) is 2.11. The molecule has 0 bridgehead atoms. The Bertz CT molecular complexity index is 411. The molecular formula is C13H16Cl2N2O. The number of benzene rings is 1. The maximum absolute atomic E-state index is 11.9. The topological polar surface area (TPSA) is 41.1 Å². The SMILES string of the molecule is O=C(Cc1c(Cl)cccc1Cl)NC1CCNCC1. The predicted molar refractivity (Wildman–Crippen MR) is 74.2 cm³/mol. The molecule has 0 aromatic heterocycles. The molecule has 1 aliphatic rings. The quantitative estimate of drug-likeness (QED) is 0.896. The van der Waals surface area contributed by atoms with Gasteiger partial charge in [-0.05, 0) is 43.6 Å². The normalized spacial score (nSPS) is 16.6. The molecule has 1 aromatic rings. The zero-order valence-electron chi connectivity index (χ0n) is 10.0. The zero-order valence-corrected chi connectivity index (χ0v) is 11.5. The van der Waals surface area contributed by atoms with Crippen molar-refractivity contribution in [3.05, 3.63) is 33.8 Å². The highest BCUT2D eigenvalue weighted by Gasteiger charge is 2.17. The van der Waals surface area contributed by atoms with Crippen LogP contribution >= 0.6 is 23.2 Å². The maximum atomic E-state index is 11.9. The van der Waals surface area contributed by atoms with Crippen molar-refractivity contribution < 1.29 is 4.79 Å². The van der Waals surface area contributed by atoms with Gasteiger partial charge in [0, 0.05) is 16.1 Å². The third kappa shape index (κ3) is 3.61. The van der Waals surface area contributed by atoms with E-state index in [-0.39, 0.29) is 18.4 Å². The lowest BCUT2D eigenvalue weighted by Crippen LogP contribution is -2.43. The molecule has 0 spiro atoms. The van der Waals surface area contributed by atoms with Crippen LogP contribution in [0.25, 0.3) is 0 Å². The lowest BCUT2D eigenvalue weighted by atomic mass is 10.1. The van der Waals surface area contributed by atoms with Crippen LogP contribution in [0.2, 0.25) is 10.0 Å². The fourth-order valence-corrected chi connectivity index (χ4v) is 2.64. The smallest absolute Gasteiger partial charge is 0.224 e. The van der Waals surface area contributed by atoms with Gasteiger partial charge in [-0.1, -0.05) is 29.3 Å². The average Bonchev–Trinajstić information content (AvgIpc) is 2.35. The second kappa shape index (κ2) is 6.41. The Morgan fingerprint density at radius 3 is 2.50 bits per heavy atom. The second-order valence-corrected chi connectivity index (χ2v) is 5.28. The summed E-state index contributed by atoms with van der Waals surface area (Å²) in [6.07, 6.45) is 2.19. The van der Waals surface area contributed by atoms with Crippen molar-refractivity contribution in [2.24, 2.45) is 0 Å². The Morgan fingerprint density at radius 1 is 1.28 bits per heavy atom. The third-order valence-electron chi connectivity index (χ3n) is 3.10. The molecule has 2 N–H and O–H groups in total. The first-order chi connectivity index (χ1) is 8.66. The average molecular weight is 287 g/mol. The van der Waals surface area contributed by atoms with E-state index in [1.54, 1.807) is 18.2 Å². The number of amides is 1. The number of carbonyl (C=O) groups excluding carboxylic acids is 1. The highest BCUT2D eigenvalue weighted by atomic mass is 35.5. The number of hydrogen-bond acceptors (Lipinski definition) is 2. The van der Waals surface area contributed by atoms with Crippen LogP contribution in [0.3, 0.4) is 0 Å². The van der Waals surface area contributed by atoms with Crippen molar-refractivity contribution in [3.8, 4) is 0 Å². The van der Waals surface area contributed by atoms with E-state index in [1.165, 1.54) is 0 Å². The third-order valence-corrected chi connectivity index (χ3v) is 3.81. The molecule has 0 saturated carbocycles. The number of piperidine rings is 1. The van der Waals surface area contributed by atoms with Crippen LogP contribution in [0.4, 0.5) is 0 Å². The number of nitrogens with one attached hydrogen (secondary N) is 2. The molecule has 0 unspecified atom stereocenters. The molecule has 2 rings (SSSR count). The van der Waals surface area contributed by atoms with Gasteiger partial charge in [-0.25, -0.2) is 0 Å². The first kappa shape index (κ1) is 13.7. The lowest BCUT2D eigenvalue weighted by Gasteiger charge is -2.23. The summed E-state index contributed by atoms with van der Waals surface area (Å²) in [5.41, 5.74) is 0.701. The molecule has 98 valence electrons. The van der Waals surface area contributed by atoms with E-state index < -0.39 is 0 Å². The fraction of sp³-hybridized carbons (Fsp3) is 0.462. The number of hydrogen-bond donors (Lipinski definition) is 2. The highest BCUT2D eigenvalue weighted by molar-refractivity contribution is 6.36. The van der Waals surface area contributed by atoms with Crippen molar-refractivity contribution in [2.75, 3.05) is 13.1 Å². The van der Waals surface area contributed by atoms with Crippen LogP contribution in [0.5, 0.6) is 0 Å². The van der Waals surface area contributed by atoms with E-state index in [0.717, 1.165) is 25.9 Å². The Morgan fingerprint density at radius 2 is 1.89 bits per heavy atom. The molecule has 1 heterocycles. The summed E-state index contributed by atoms with van der Waals surface area (Å²) >= 11 is 12.1. The number of carbonyl (C=O) groups is 1. The summed E-state index contributed by atoms with van der Waals surface area (Å²) in [6, 6.07) is 5.54. The predicted octanol–water partition coefficient (Wildman–Crippen LogP) is 2.40. The summed E-state index contributed by atoms with van der Waals surface area (Å²) < 4.78 is 0. The van der Waals surface area contributed by atoms with Crippen molar-refractivity contribution in [1.29, 1.82) is 0 Å². The van der Waals surface area contributed by atoms with Gasteiger partial charge >= 0.3 is 0 Å². The molecule has 1 aromatic carbocycles. The molecule has 1 amide bonds. The van der Waals surface area contributed by atoms with Gasteiger partial charge in [0.25, 0.3) is 0 Å². The standard InChI is InChI=1S/C13H16Cl2N2O/c14-11-2-1-3-12(15)10(11)8-13(18)17-9-4-6-16-7-5-9/h1-3,9,16H,4-8H2,(H,17,18). The molecular weight excluding hydrogens is 271 g/mol. The van der Waals surface area contributed by atoms with Crippen LogP contribution < -0.4 is 10.6 Å². The van der Waals surface area contributed by atoms with Gasteiger partial charge in [0.2, 0.25) is 5.91 Å². The summed E-state index contributed by atoms with van der Waals surface area (Å²) in [5, 5.41) is 7.38. The van der Waals surface area contributed by atoms with Crippen LogP contribution in [0.15, 0.2) is 18.2 Å². The van der Waals surface area contributed by atoms with Crippen molar-refractivity contribution in [3.63, 3.8) is 0 Å². The largest absolute Gasteiger partial charge is 0.353 e. The Hall–Kier alpha value is -0.770. The zero-order chi connectivity index (χ0) is 13.0. The van der Waals surface area contributed by atoms with Crippen molar-refractivity contribution in [2.45, 2.75) is 25.3 Å². The summed E-state index contributed by atoms with van der Waals surface area (Å²) in [5.74, 6) is -0.0168. The van der Waals surface area contributed by atoms with E-state index in [1.807, 2.05) is 0 Å². The van der Waals surface area contributed by atoms with Crippen LogP contribution in [0, 0.1) is 0 Å². The lowest BCUT2D eigenvalue weighted by molar-refractivity contribution is -0.121. The minimum Gasteiger partial charge on any atom is -0.353 e. The molecule has 5 heteroatoms. The molecule has 0 aliphatic carbocycles. The number of halogens is 2. The van der Waals surface area contributed by atoms with Gasteiger partial charge in [-0.3, -0.25) is 4.79 Å². The van der Waals surface area contributed by atoms with E-state index in [0.29, 0.717) is 15.6 Å². The Kier molecular flexibility index (Phi) is 4.87. The summed E-state index contributed by atoms with van der Waals surface area (Å²) in [4.78, 5) is 11.9. The van der Waals surface area contributed by atoms with Gasteiger partial charge in [0.1, 0.15) is 0 Å². The monoisotopic (exact) mass is 286 g/mol. The maximum Gasteiger partial charge on any atom is 0.224 e. The summed E-state index contributed by atoms with van der Waals surface area (Å²) in [7, 11) is 0. The first-order valence-electron chi connectivity index (χ1n) is 6.10. The summed E-state index contributed by atoms with van der Waals surface area (Å²) in [6.45, 7) is 1.91. The van der Waals surface area contributed by atoms with Crippen molar-refractivity contribution >= 4 is 29.1 Å². The molecule has 1 aliphatic heterocycles. The van der Waals surface area contributed by atoms with Gasteiger partial charge < -0.3 is 10.6 Å². The van der Waals surface area contributed by atoms with E-state index in [2.05, 4.69) is 10.6 Å². The molecule has 1 saturated heterocycles. The first-order valence-corrected chi connectivity index (χ1v) is 6.85. The van der Waals surface area contributed by atoms with Gasteiger partial charge in [-0.2, -0.15) is 0 Å². The minimum absolute atomic E-state index is 0.0168. The molecule has 3 nitrogen and oxygen atoms in total. The highest BCUT2D eigenvalue weighted by Crippen LogP contribution is 2.24. The minimum atomic E-state index is -0.0168. The van der Waals surface area contributed by atoms with E-state index in [9.17, 15) is 4.79 Å². The van der Waals surface area contributed by atoms with Crippen LogP contribution in [-0.2, 0) is 11.2 Å². The molecule has 0 atom stereocenters. The van der Waals surface area contributed by atoms with Gasteiger partial charge in [-0.15, -0.1) is 0 Å². The van der Waals surface area contributed by atoms with E-state index >= 15 is 0 Å². The molecule has 0 radical (unpaired) electrons. The molecule has 18 heavy (non-hydrogen) atoms. The van der Waals surface area contributed by atoms with Crippen LogP contribution in [0.1, 0.15) is 18.4 Å². The Labute approximate surface area is 117 Å². The van der Waals surface area contributed by atoms with Crippen molar-refractivity contribution in [1.82, 2.24) is 10.6 Å². The number of rotatable bonds is 3. The van der Waals surface area contributed by atoms with Gasteiger partial charge in [0.15, 0.2) is 0 Å². The molecule has 1 fully saturated rings. The Balaban J connectivity index is 1.94. The van der Waals surface area contributed by atoms with Crippen LogP contribution in [-0.4, -0.2) is 25.0 Å². The second-order valence-electron chi connectivity index (χ2n) is 4.47. The van der Waals surface area contributed by atoms with Gasteiger partial charge in [0.05, 0.1) is 6.42 Å².